The van der Waals surface area contributed by atoms with E-state index < -0.39 is 17.5 Å². The Kier molecular flexibility index (Phi) is 4.06. The van der Waals surface area contributed by atoms with E-state index in [9.17, 15) is 18.8 Å². The van der Waals surface area contributed by atoms with Gasteiger partial charge in [0.25, 0.3) is 11.7 Å². The number of fused-ring (bicyclic) bond motifs is 1. The minimum absolute atomic E-state index is 0.0323. The quantitative estimate of drug-likeness (QED) is 0.791. The molecule has 0 spiro atoms. The van der Waals surface area contributed by atoms with Gasteiger partial charge in [0.2, 0.25) is 5.91 Å². The van der Waals surface area contributed by atoms with Crippen LogP contribution in [0.1, 0.15) is 29.8 Å². The van der Waals surface area contributed by atoms with E-state index in [2.05, 4.69) is 0 Å². The third-order valence-corrected chi connectivity index (χ3v) is 3.63. The van der Waals surface area contributed by atoms with Gasteiger partial charge in [-0.05, 0) is 38.5 Å². The number of likely N-dealkylation sites (N-methyl/N-ethyl adjacent to an activating group) is 1. The van der Waals surface area contributed by atoms with Gasteiger partial charge in [0, 0.05) is 13.1 Å². The Balaban J connectivity index is 2.38. The fourth-order valence-electron chi connectivity index (χ4n) is 2.57. The lowest BCUT2D eigenvalue weighted by Gasteiger charge is -2.23. The largest absolute Gasteiger partial charge is 0.342 e. The third-order valence-electron chi connectivity index (χ3n) is 3.63. The van der Waals surface area contributed by atoms with Gasteiger partial charge in [-0.25, -0.2) is 4.39 Å². The molecule has 2 amide bonds. The third kappa shape index (κ3) is 2.53. The number of aryl methyl sites for hydroxylation is 1. The van der Waals surface area contributed by atoms with Crippen molar-refractivity contribution in [2.75, 3.05) is 24.5 Å². The van der Waals surface area contributed by atoms with Gasteiger partial charge in [0.15, 0.2) is 0 Å². The molecule has 0 saturated heterocycles. The van der Waals surface area contributed by atoms with Crippen molar-refractivity contribution in [3.8, 4) is 0 Å². The number of amides is 2. The molecule has 2 rings (SSSR count). The Morgan fingerprint density at radius 3 is 2.43 bits per heavy atom. The van der Waals surface area contributed by atoms with Crippen LogP contribution in [0.25, 0.3) is 0 Å². The summed E-state index contributed by atoms with van der Waals surface area (Å²) in [6.07, 6.45) is 0. The summed E-state index contributed by atoms with van der Waals surface area (Å²) in [4.78, 5) is 38.8. The van der Waals surface area contributed by atoms with Crippen molar-refractivity contribution in [1.29, 1.82) is 0 Å². The topological polar surface area (TPSA) is 57.7 Å². The van der Waals surface area contributed by atoms with Crippen LogP contribution in [0.4, 0.5) is 10.1 Å². The molecule has 0 radical (unpaired) electrons. The van der Waals surface area contributed by atoms with Crippen LogP contribution < -0.4 is 4.90 Å². The second-order valence-corrected chi connectivity index (χ2v) is 4.91. The molecule has 0 unspecified atom stereocenters. The molecule has 0 fully saturated rings. The number of benzene rings is 1. The lowest BCUT2D eigenvalue weighted by atomic mass is 10.1. The molecule has 0 saturated carbocycles. The second-order valence-electron chi connectivity index (χ2n) is 4.91. The summed E-state index contributed by atoms with van der Waals surface area (Å²) in [5.74, 6) is -2.35. The van der Waals surface area contributed by atoms with Crippen molar-refractivity contribution in [3.05, 3.63) is 29.1 Å². The van der Waals surface area contributed by atoms with Crippen molar-refractivity contribution in [3.63, 3.8) is 0 Å². The Morgan fingerprint density at radius 2 is 1.86 bits per heavy atom. The van der Waals surface area contributed by atoms with Gasteiger partial charge in [-0.15, -0.1) is 0 Å². The van der Waals surface area contributed by atoms with Crippen LogP contribution in [-0.2, 0) is 9.59 Å². The molecule has 0 aliphatic carbocycles. The fourth-order valence-corrected chi connectivity index (χ4v) is 2.57. The minimum Gasteiger partial charge on any atom is -0.342 e. The van der Waals surface area contributed by atoms with Crippen molar-refractivity contribution in [2.24, 2.45) is 0 Å². The first kappa shape index (κ1) is 15.2. The van der Waals surface area contributed by atoms with Crippen molar-refractivity contribution < 1.29 is 18.8 Å². The van der Waals surface area contributed by atoms with Gasteiger partial charge < -0.3 is 4.90 Å². The first-order valence-electron chi connectivity index (χ1n) is 6.84. The fraction of sp³-hybridized carbons (Fsp3) is 0.400. The first-order chi connectivity index (χ1) is 9.90. The van der Waals surface area contributed by atoms with Crippen LogP contribution in [-0.4, -0.2) is 42.1 Å². The summed E-state index contributed by atoms with van der Waals surface area (Å²) in [7, 11) is 0. The maximum Gasteiger partial charge on any atom is 0.299 e. The van der Waals surface area contributed by atoms with E-state index in [1.54, 1.807) is 11.8 Å². The van der Waals surface area contributed by atoms with Crippen LogP contribution >= 0.6 is 0 Å². The standard InChI is InChI=1S/C15H17FN2O3/c1-4-17(5-2)12(19)8-18-13-9(3)6-10(16)7-11(13)14(20)15(18)21/h6-7H,4-5,8H2,1-3H3. The molecule has 1 heterocycles. The second kappa shape index (κ2) is 5.63. The number of hydrogen-bond acceptors (Lipinski definition) is 3. The number of carbonyl (C=O) groups excluding carboxylic acids is 3. The predicted octanol–water partition coefficient (Wildman–Crippen LogP) is 1.53. The zero-order valence-electron chi connectivity index (χ0n) is 12.3. The molecule has 1 aromatic carbocycles. The van der Waals surface area contributed by atoms with Crippen LogP contribution in [0.5, 0.6) is 0 Å². The SMILES string of the molecule is CCN(CC)C(=O)CN1C(=O)C(=O)c2cc(F)cc(C)c21. The maximum absolute atomic E-state index is 13.4. The molecule has 6 heteroatoms. The van der Waals surface area contributed by atoms with E-state index in [0.717, 1.165) is 11.0 Å². The molecule has 1 aromatic rings. The van der Waals surface area contributed by atoms with E-state index in [1.165, 1.54) is 6.07 Å². The van der Waals surface area contributed by atoms with Gasteiger partial charge in [0.05, 0.1) is 11.3 Å². The molecule has 0 atom stereocenters. The molecule has 112 valence electrons. The number of rotatable bonds is 4. The highest BCUT2D eigenvalue weighted by Gasteiger charge is 2.38. The first-order valence-corrected chi connectivity index (χ1v) is 6.84. The number of hydrogen-bond donors (Lipinski definition) is 0. The van der Waals surface area contributed by atoms with Gasteiger partial charge in [-0.1, -0.05) is 0 Å². The Morgan fingerprint density at radius 1 is 1.24 bits per heavy atom. The van der Waals surface area contributed by atoms with Crippen molar-refractivity contribution >= 4 is 23.3 Å². The van der Waals surface area contributed by atoms with Crippen LogP contribution in [0.3, 0.4) is 0 Å². The molecule has 5 nitrogen and oxygen atoms in total. The van der Waals surface area contributed by atoms with Gasteiger partial charge in [-0.3, -0.25) is 19.3 Å². The molecule has 0 N–H and O–H groups in total. The number of Topliss-reactive ketones (excluding diaryl/α,β-unsaturated/α-hetero) is 1. The summed E-state index contributed by atoms with van der Waals surface area (Å²) in [5, 5.41) is 0. The lowest BCUT2D eigenvalue weighted by molar-refractivity contribution is -0.130. The molecule has 0 aromatic heterocycles. The average molecular weight is 292 g/mol. The molecular weight excluding hydrogens is 275 g/mol. The summed E-state index contributed by atoms with van der Waals surface area (Å²) in [5.41, 5.74) is 0.841. The number of carbonyl (C=O) groups is 3. The highest BCUT2D eigenvalue weighted by molar-refractivity contribution is 6.52. The van der Waals surface area contributed by atoms with E-state index in [4.69, 9.17) is 0 Å². The van der Waals surface area contributed by atoms with E-state index in [0.29, 0.717) is 24.3 Å². The van der Waals surface area contributed by atoms with Gasteiger partial charge in [0.1, 0.15) is 12.4 Å². The summed E-state index contributed by atoms with van der Waals surface area (Å²) in [6.45, 7) is 6.15. The van der Waals surface area contributed by atoms with Crippen molar-refractivity contribution in [2.45, 2.75) is 20.8 Å². The number of nitrogens with zero attached hydrogens (tertiary/aromatic N) is 2. The van der Waals surface area contributed by atoms with Crippen LogP contribution in [0.15, 0.2) is 12.1 Å². The zero-order chi connectivity index (χ0) is 15.7. The molecular formula is C15H17FN2O3. The maximum atomic E-state index is 13.4. The van der Waals surface area contributed by atoms with E-state index >= 15 is 0 Å². The van der Waals surface area contributed by atoms with E-state index in [-0.39, 0.29) is 18.0 Å². The number of ketones is 1. The number of anilines is 1. The van der Waals surface area contributed by atoms with E-state index in [1.807, 2.05) is 13.8 Å². The van der Waals surface area contributed by atoms with Crippen LogP contribution in [0.2, 0.25) is 0 Å². The molecule has 21 heavy (non-hydrogen) atoms. The monoisotopic (exact) mass is 292 g/mol. The average Bonchev–Trinajstić information content (AvgIpc) is 2.65. The molecule has 1 aliphatic rings. The van der Waals surface area contributed by atoms with Gasteiger partial charge in [-0.2, -0.15) is 0 Å². The smallest absolute Gasteiger partial charge is 0.299 e. The molecule has 0 bridgehead atoms. The predicted molar refractivity (Wildman–Crippen MR) is 75.7 cm³/mol. The highest BCUT2D eigenvalue weighted by atomic mass is 19.1. The highest BCUT2D eigenvalue weighted by Crippen LogP contribution is 2.33. The summed E-state index contributed by atoms with van der Waals surface area (Å²) in [6, 6.07) is 2.30. The molecule has 1 aliphatic heterocycles. The lowest BCUT2D eigenvalue weighted by Crippen LogP contribution is -2.42. The van der Waals surface area contributed by atoms with Gasteiger partial charge >= 0.3 is 0 Å². The zero-order valence-corrected chi connectivity index (χ0v) is 12.3. The Bertz CT molecular complexity index is 624. The van der Waals surface area contributed by atoms with Crippen molar-refractivity contribution in [1.82, 2.24) is 4.90 Å². The normalized spacial score (nSPS) is 13.6. The minimum atomic E-state index is -0.779. The van der Waals surface area contributed by atoms with Crippen LogP contribution in [0, 0.1) is 12.7 Å². The summed E-state index contributed by atoms with van der Waals surface area (Å²) >= 11 is 0. The summed E-state index contributed by atoms with van der Waals surface area (Å²) < 4.78 is 13.4. The number of halogens is 1. The Labute approximate surface area is 122 Å². The Hall–Kier alpha value is -2.24.